The Morgan fingerprint density at radius 3 is 2.55 bits per heavy atom. The zero-order chi connectivity index (χ0) is 21.5. The van der Waals surface area contributed by atoms with Crippen molar-refractivity contribution >= 4 is 0 Å². The summed E-state index contributed by atoms with van der Waals surface area (Å²) in [6.45, 7) is 4.25. The fourth-order valence-electron chi connectivity index (χ4n) is 3.74. The topological polar surface area (TPSA) is 64.5 Å². The molecular formula is C21H29F4N3O. The van der Waals surface area contributed by atoms with Crippen LogP contribution in [0.3, 0.4) is 0 Å². The predicted molar refractivity (Wildman–Crippen MR) is 105 cm³/mol. The van der Waals surface area contributed by atoms with Crippen molar-refractivity contribution in [2.75, 3.05) is 32.8 Å². The van der Waals surface area contributed by atoms with Gasteiger partial charge < -0.3 is 16.2 Å². The molecule has 0 radical (unpaired) electrons. The van der Waals surface area contributed by atoms with Crippen LogP contribution in [0.25, 0.3) is 0 Å². The molecule has 1 fully saturated rings. The van der Waals surface area contributed by atoms with Crippen molar-refractivity contribution in [3.8, 4) is 0 Å². The fraction of sp³-hybridized carbons (Fsp3) is 0.524. The Bertz CT molecular complexity index is 716. The third kappa shape index (κ3) is 6.75. The number of likely N-dealkylation sites (tertiary alicyclic amines) is 1. The SMILES string of the molecule is CCOCC1(CCc2ccc(F)cc2)CCN(C/C(N)=C(/C=C\N)C(F)(F)F)C1. The van der Waals surface area contributed by atoms with E-state index in [2.05, 4.69) is 0 Å². The van der Waals surface area contributed by atoms with Gasteiger partial charge >= 0.3 is 6.18 Å². The Morgan fingerprint density at radius 2 is 1.97 bits per heavy atom. The van der Waals surface area contributed by atoms with E-state index < -0.39 is 11.7 Å². The summed E-state index contributed by atoms with van der Waals surface area (Å²) in [5, 5.41) is 0. The molecule has 1 atom stereocenters. The van der Waals surface area contributed by atoms with Crippen LogP contribution in [0.15, 0.2) is 47.8 Å². The van der Waals surface area contributed by atoms with Gasteiger partial charge in [-0.3, -0.25) is 4.90 Å². The van der Waals surface area contributed by atoms with Crippen molar-refractivity contribution in [3.63, 3.8) is 0 Å². The minimum Gasteiger partial charge on any atom is -0.405 e. The van der Waals surface area contributed by atoms with E-state index in [4.69, 9.17) is 16.2 Å². The molecule has 1 aliphatic rings. The summed E-state index contributed by atoms with van der Waals surface area (Å²) in [7, 11) is 0. The van der Waals surface area contributed by atoms with E-state index in [1.54, 1.807) is 12.1 Å². The Morgan fingerprint density at radius 1 is 1.28 bits per heavy atom. The molecule has 162 valence electrons. The molecule has 1 aromatic rings. The molecule has 0 bridgehead atoms. The predicted octanol–water partition coefficient (Wildman–Crippen LogP) is 3.73. The summed E-state index contributed by atoms with van der Waals surface area (Å²) < 4.78 is 58.3. The standard InChI is InChI=1S/C21H29F4N3O/c1-2-29-15-20(9-7-16-3-5-17(22)6-4-16)10-12-28(14-20)13-19(27)18(8-11-26)21(23,24)25/h3-6,8,11H,2,7,9-10,12-15,26-27H2,1H3/b11-8-,19-18+. The highest BCUT2D eigenvalue weighted by atomic mass is 19.4. The molecule has 1 aliphatic heterocycles. The molecule has 29 heavy (non-hydrogen) atoms. The van der Waals surface area contributed by atoms with E-state index in [9.17, 15) is 17.6 Å². The van der Waals surface area contributed by atoms with Crippen LogP contribution in [0.1, 0.15) is 25.3 Å². The number of allylic oxidation sites excluding steroid dienone is 2. The molecule has 0 amide bonds. The van der Waals surface area contributed by atoms with Crippen LogP contribution < -0.4 is 11.5 Å². The molecule has 1 saturated heterocycles. The molecule has 1 aromatic carbocycles. The number of nitrogens with zero attached hydrogens (tertiary/aromatic N) is 1. The van der Waals surface area contributed by atoms with Crippen LogP contribution in [-0.4, -0.2) is 43.9 Å². The Kier molecular flexibility index (Phi) is 8.10. The molecule has 0 saturated carbocycles. The number of halogens is 4. The summed E-state index contributed by atoms with van der Waals surface area (Å²) in [4.78, 5) is 1.93. The molecule has 4 nitrogen and oxygen atoms in total. The number of rotatable bonds is 9. The van der Waals surface area contributed by atoms with Gasteiger partial charge in [-0.25, -0.2) is 4.39 Å². The second kappa shape index (κ2) is 10.1. The maximum atomic E-state index is 13.2. The first-order chi connectivity index (χ1) is 13.7. The summed E-state index contributed by atoms with van der Waals surface area (Å²) in [6, 6.07) is 6.37. The number of aryl methyl sites for hydroxylation is 1. The van der Waals surface area contributed by atoms with Gasteiger partial charge in [0.1, 0.15) is 5.82 Å². The second-order valence-electron chi connectivity index (χ2n) is 7.52. The molecular weight excluding hydrogens is 386 g/mol. The number of hydrogen-bond donors (Lipinski definition) is 2. The first-order valence-electron chi connectivity index (χ1n) is 9.68. The largest absolute Gasteiger partial charge is 0.418 e. The van der Waals surface area contributed by atoms with Gasteiger partial charge in [0.2, 0.25) is 0 Å². The molecule has 1 unspecified atom stereocenters. The van der Waals surface area contributed by atoms with E-state index in [1.165, 1.54) is 12.1 Å². The molecule has 4 N–H and O–H groups in total. The summed E-state index contributed by atoms with van der Waals surface area (Å²) >= 11 is 0. The number of alkyl halides is 3. The van der Waals surface area contributed by atoms with Crippen LogP contribution in [0.5, 0.6) is 0 Å². The van der Waals surface area contributed by atoms with Gasteiger partial charge in [-0.15, -0.1) is 0 Å². The zero-order valence-corrected chi connectivity index (χ0v) is 16.6. The number of hydrogen-bond acceptors (Lipinski definition) is 4. The van der Waals surface area contributed by atoms with Crippen molar-refractivity contribution < 1.29 is 22.3 Å². The Labute approximate surface area is 169 Å². The molecule has 0 aromatic heterocycles. The van der Waals surface area contributed by atoms with Crippen LogP contribution in [-0.2, 0) is 11.2 Å². The fourth-order valence-corrected chi connectivity index (χ4v) is 3.74. The smallest absolute Gasteiger partial charge is 0.405 e. The maximum absolute atomic E-state index is 13.2. The van der Waals surface area contributed by atoms with Crippen LogP contribution >= 0.6 is 0 Å². The Balaban J connectivity index is 2.09. The van der Waals surface area contributed by atoms with Crippen LogP contribution in [0.4, 0.5) is 17.6 Å². The molecule has 8 heteroatoms. The van der Waals surface area contributed by atoms with Crippen molar-refractivity contribution in [1.82, 2.24) is 4.90 Å². The van der Waals surface area contributed by atoms with Gasteiger partial charge in [-0.1, -0.05) is 12.1 Å². The lowest BCUT2D eigenvalue weighted by molar-refractivity contribution is -0.0893. The summed E-state index contributed by atoms with van der Waals surface area (Å²) in [5.74, 6) is -0.279. The van der Waals surface area contributed by atoms with Crippen molar-refractivity contribution in [2.45, 2.75) is 32.4 Å². The van der Waals surface area contributed by atoms with E-state index >= 15 is 0 Å². The maximum Gasteiger partial charge on any atom is 0.418 e. The minimum atomic E-state index is -4.55. The molecule has 1 heterocycles. The van der Waals surface area contributed by atoms with Gasteiger partial charge in [0.25, 0.3) is 0 Å². The van der Waals surface area contributed by atoms with Gasteiger partial charge in [0.15, 0.2) is 0 Å². The van der Waals surface area contributed by atoms with Gasteiger partial charge in [-0.2, -0.15) is 13.2 Å². The third-order valence-corrected chi connectivity index (χ3v) is 5.30. The summed E-state index contributed by atoms with van der Waals surface area (Å²) in [6.07, 6.45) is -0.556. The average Bonchev–Trinajstić information content (AvgIpc) is 3.06. The number of nitrogens with two attached hydrogens (primary N) is 2. The van der Waals surface area contributed by atoms with Gasteiger partial charge in [-0.05, 0) is 62.7 Å². The first-order valence-corrected chi connectivity index (χ1v) is 9.68. The van der Waals surface area contributed by atoms with Crippen molar-refractivity contribution in [1.29, 1.82) is 0 Å². The van der Waals surface area contributed by atoms with E-state index in [0.717, 1.165) is 37.1 Å². The lowest BCUT2D eigenvalue weighted by Gasteiger charge is -2.29. The number of benzene rings is 1. The van der Waals surface area contributed by atoms with Gasteiger partial charge in [0, 0.05) is 30.8 Å². The lowest BCUT2D eigenvalue weighted by Crippen LogP contribution is -2.34. The van der Waals surface area contributed by atoms with E-state index in [0.29, 0.717) is 26.3 Å². The summed E-state index contributed by atoms with van der Waals surface area (Å²) in [5.41, 5.74) is 10.6. The lowest BCUT2D eigenvalue weighted by atomic mass is 9.82. The van der Waals surface area contributed by atoms with Crippen molar-refractivity contribution in [3.05, 3.63) is 59.2 Å². The Hall–Kier alpha value is -2.06. The zero-order valence-electron chi connectivity index (χ0n) is 16.6. The second-order valence-corrected chi connectivity index (χ2v) is 7.52. The quantitative estimate of drug-likeness (QED) is 0.477. The van der Waals surface area contributed by atoms with Crippen LogP contribution in [0, 0.1) is 11.2 Å². The molecule has 2 rings (SSSR count). The first kappa shape index (κ1) is 23.2. The highest BCUT2D eigenvalue weighted by Crippen LogP contribution is 2.36. The highest BCUT2D eigenvalue weighted by Gasteiger charge is 2.39. The third-order valence-electron chi connectivity index (χ3n) is 5.30. The average molecular weight is 415 g/mol. The highest BCUT2D eigenvalue weighted by molar-refractivity contribution is 5.29. The normalized spacial score (nSPS) is 21.7. The van der Waals surface area contributed by atoms with Gasteiger partial charge in [0.05, 0.1) is 12.2 Å². The minimum absolute atomic E-state index is 0.0175. The molecule has 0 aliphatic carbocycles. The van der Waals surface area contributed by atoms with E-state index in [-0.39, 0.29) is 23.5 Å². The number of ether oxygens (including phenoxy) is 1. The van der Waals surface area contributed by atoms with Crippen molar-refractivity contribution in [2.24, 2.45) is 16.9 Å². The monoisotopic (exact) mass is 415 g/mol. The van der Waals surface area contributed by atoms with E-state index in [1.807, 2.05) is 11.8 Å². The molecule has 0 spiro atoms. The van der Waals surface area contributed by atoms with Crippen LogP contribution in [0.2, 0.25) is 0 Å².